The molecule has 1 aromatic rings. The van der Waals surface area contributed by atoms with Crippen LogP contribution in [0.2, 0.25) is 0 Å². The Kier molecular flexibility index (Phi) is 8.06. The van der Waals surface area contributed by atoms with Crippen LogP contribution in [-0.2, 0) is 25.7 Å². The fraction of sp³-hybridized carbons (Fsp3) is 0.538. The molecule has 1 heterocycles. The zero-order valence-corrected chi connectivity index (χ0v) is 20.0. The molecule has 0 saturated carbocycles. The molecule has 4 amide bonds. The SMILES string of the molecule is CC[C@@H](C(=O)NC(C)C)N(Cc1ccccc1C)C(=O)CCN1C(=O)[C@H]2CC=CC[C@H]2C1=O. The van der Waals surface area contributed by atoms with Crippen molar-refractivity contribution in [3.05, 3.63) is 47.5 Å². The van der Waals surface area contributed by atoms with E-state index in [1.165, 1.54) is 4.90 Å². The van der Waals surface area contributed by atoms with E-state index in [0.717, 1.165) is 11.1 Å². The summed E-state index contributed by atoms with van der Waals surface area (Å²) >= 11 is 0. The molecule has 0 radical (unpaired) electrons. The Morgan fingerprint density at radius 3 is 2.24 bits per heavy atom. The molecule has 0 spiro atoms. The number of likely N-dealkylation sites (tertiary alicyclic amines) is 1. The molecule has 0 aromatic heterocycles. The highest BCUT2D eigenvalue weighted by Gasteiger charge is 2.47. The number of amides is 4. The van der Waals surface area contributed by atoms with Crippen molar-refractivity contribution in [3.63, 3.8) is 0 Å². The first-order valence-electron chi connectivity index (χ1n) is 11.9. The Hall–Kier alpha value is -2.96. The Morgan fingerprint density at radius 1 is 1.09 bits per heavy atom. The molecule has 2 aliphatic rings. The van der Waals surface area contributed by atoms with Gasteiger partial charge in [0.25, 0.3) is 0 Å². The van der Waals surface area contributed by atoms with Crippen LogP contribution in [0.1, 0.15) is 57.6 Å². The summed E-state index contributed by atoms with van der Waals surface area (Å²) in [5.41, 5.74) is 2.00. The molecule has 0 unspecified atom stereocenters. The molecule has 1 aliphatic carbocycles. The number of allylic oxidation sites excluding steroid dienone is 2. The summed E-state index contributed by atoms with van der Waals surface area (Å²) in [7, 11) is 0. The van der Waals surface area contributed by atoms with Crippen molar-refractivity contribution >= 4 is 23.6 Å². The second kappa shape index (κ2) is 10.8. The molecule has 0 bridgehead atoms. The average molecular weight is 454 g/mol. The third kappa shape index (κ3) is 5.52. The quantitative estimate of drug-likeness (QED) is 0.460. The van der Waals surface area contributed by atoms with Crippen molar-refractivity contribution in [3.8, 4) is 0 Å². The monoisotopic (exact) mass is 453 g/mol. The fourth-order valence-electron chi connectivity index (χ4n) is 4.71. The van der Waals surface area contributed by atoms with Crippen molar-refractivity contribution in [1.82, 2.24) is 15.1 Å². The van der Waals surface area contributed by atoms with Gasteiger partial charge in [0.15, 0.2) is 0 Å². The highest BCUT2D eigenvalue weighted by molar-refractivity contribution is 6.05. The van der Waals surface area contributed by atoms with Crippen molar-refractivity contribution in [2.75, 3.05) is 6.54 Å². The zero-order chi connectivity index (χ0) is 24.1. The van der Waals surface area contributed by atoms with E-state index in [4.69, 9.17) is 0 Å². The Balaban J connectivity index is 1.77. The van der Waals surface area contributed by atoms with Gasteiger partial charge >= 0.3 is 0 Å². The van der Waals surface area contributed by atoms with E-state index in [2.05, 4.69) is 5.32 Å². The van der Waals surface area contributed by atoms with Crippen LogP contribution < -0.4 is 5.32 Å². The Labute approximate surface area is 196 Å². The van der Waals surface area contributed by atoms with Crippen LogP contribution in [0, 0.1) is 18.8 Å². The summed E-state index contributed by atoms with van der Waals surface area (Å²) in [5, 5.41) is 2.92. The average Bonchev–Trinajstić information content (AvgIpc) is 3.02. The first kappa shape index (κ1) is 24.7. The van der Waals surface area contributed by atoms with Gasteiger partial charge in [0, 0.05) is 25.6 Å². The van der Waals surface area contributed by atoms with Gasteiger partial charge in [-0.25, -0.2) is 0 Å². The van der Waals surface area contributed by atoms with E-state index in [1.54, 1.807) is 4.90 Å². The molecule has 1 saturated heterocycles. The van der Waals surface area contributed by atoms with Gasteiger partial charge in [-0.2, -0.15) is 0 Å². The van der Waals surface area contributed by atoms with Gasteiger partial charge in [-0.15, -0.1) is 0 Å². The highest BCUT2D eigenvalue weighted by Crippen LogP contribution is 2.35. The van der Waals surface area contributed by atoms with Gasteiger partial charge in [0.1, 0.15) is 6.04 Å². The number of rotatable bonds is 9. The fourth-order valence-corrected chi connectivity index (χ4v) is 4.71. The normalized spacial score (nSPS) is 20.7. The lowest BCUT2D eigenvalue weighted by Crippen LogP contribution is -2.51. The minimum Gasteiger partial charge on any atom is -0.352 e. The summed E-state index contributed by atoms with van der Waals surface area (Å²) in [5.74, 6) is -1.41. The maximum absolute atomic E-state index is 13.4. The predicted molar refractivity (Wildman–Crippen MR) is 126 cm³/mol. The van der Waals surface area contributed by atoms with E-state index in [1.807, 2.05) is 64.1 Å². The van der Waals surface area contributed by atoms with E-state index in [9.17, 15) is 19.2 Å². The molecule has 1 N–H and O–H groups in total. The number of fused-ring (bicyclic) bond motifs is 1. The van der Waals surface area contributed by atoms with Crippen LogP contribution in [0.4, 0.5) is 0 Å². The van der Waals surface area contributed by atoms with Crippen LogP contribution >= 0.6 is 0 Å². The second-order valence-corrected chi connectivity index (χ2v) is 9.27. The standard InChI is InChI=1S/C26H35N3O4/c1-5-22(24(31)27-17(2)3)29(16-19-11-7-6-10-18(19)4)23(30)14-15-28-25(32)20-12-8-9-13-21(20)26(28)33/h6-11,17,20-22H,5,12-16H2,1-4H3,(H,27,31)/t20-,21+,22-/m0/s1. The van der Waals surface area contributed by atoms with Gasteiger partial charge in [-0.05, 0) is 51.2 Å². The van der Waals surface area contributed by atoms with Gasteiger partial charge in [-0.1, -0.05) is 43.3 Å². The van der Waals surface area contributed by atoms with Crippen molar-refractivity contribution in [2.24, 2.45) is 11.8 Å². The number of nitrogens with one attached hydrogen (secondary N) is 1. The minimum absolute atomic E-state index is 0.00167. The lowest BCUT2D eigenvalue weighted by molar-refractivity contribution is -0.144. The van der Waals surface area contributed by atoms with E-state index in [0.29, 0.717) is 25.8 Å². The number of hydrogen-bond donors (Lipinski definition) is 1. The number of carbonyl (C=O) groups excluding carboxylic acids is 4. The summed E-state index contributed by atoms with van der Waals surface area (Å²) in [6, 6.07) is 7.11. The lowest BCUT2D eigenvalue weighted by Gasteiger charge is -2.32. The molecule has 1 aliphatic heterocycles. The molecule has 3 rings (SSSR count). The molecule has 33 heavy (non-hydrogen) atoms. The summed E-state index contributed by atoms with van der Waals surface area (Å²) in [6.07, 6.45) is 5.52. The second-order valence-electron chi connectivity index (χ2n) is 9.27. The Bertz CT molecular complexity index is 913. The molecule has 3 atom stereocenters. The number of nitrogens with zero attached hydrogens (tertiary/aromatic N) is 2. The van der Waals surface area contributed by atoms with Crippen LogP contribution in [0.15, 0.2) is 36.4 Å². The zero-order valence-electron chi connectivity index (χ0n) is 20.0. The van der Waals surface area contributed by atoms with E-state index in [-0.39, 0.29) is 54.5 Å². The van der Waals surface area contributed by atoms with Crippen LogP contribution in [0.25, 0.3) is 0 Å². The van der Waals surface area contributed by atoms with Gasteiger partial charge in [0.05, 0.1) is 11.8 Å². The number of hydrogen-bond acceptors (Lipinski definition) is 4. The topological polar surface area (TPSA) is 86.8 Å². The third-order valence-corrected chi connectivity index (χ3v) is 6.57. The summed E-state index contributed by atoms with van der Waals surface area (Å²) in [4.78, 5) is 54.7. The predicted octanol–water partition coefficient (Wildman–Crippen LogP) is 2.97. The molecule has 7 nitrogen and oxygen atoms in total. The largest absolute Gasteiger partial charge is 0.352 e. The van der Waals surface area contributed by atoms with Crippen LogP contribution in [0.5, 0.6) is 0 Å². The molecular formula is C26H35N3O4. The van der Waals surface area contributed by atoms with Crippen molar-refractivity contribution < 1.29 is 19.2 Å². The van der Waals surface area contributed by atoms with E-state index >= 15 is 0 Å². The van der Waals surface area contributed by atoms with E-state index < -0.39 is 6.04 Å². The minimum atomic E-state index is -0.628. The highest BCUT2D eigenvalue weighted by atomic mass is 16.2. The summed E-state index contributed by atoms with van der Waals surface area (Å²) in [6.45, 7) is 7.98. The first-order valence-corrected chi connectivity index (χ1v) is 11.9. The van der Waals surface area contributed by atoms with Gasteiger partial charge < -0.3 is 10.2 Å². The van der Waals surface area contributed by atoms with Gasteiger partial charge in [0.2, 0.25) is 23.6 Å². The molecule has 1 fully saturated rings. The number of benzene rings is 1. The molecular weight excluding hydrogens is 418 g/mol. The molecule has 178 valence electrons. The number of imide groups is 1. The lowest BCUT2D eigenvalue weighted by atomic mass is 9.85. The van der Waals surface area contributed by atoms with Crippen LogP contribution in [-0.4, -0.2) is 52.1 Å². The van der Waals surface area contributed by atoms with Crippen molar-refractivity contribution in [1.29, 1.82) is 0 Å². The van der Waals surface area contributed by atoms with Crippen LogP contribution in [0.3, 0.4) is 0 Å². The Morgan fingerprint density at radius 2 is 1.70 bits per heavy atom. The maximum atomic E-state index is 13.4. The van der Waals surface area contributed by atoms with Crippen molar-refractivity contribution in [2.45, 2.75) is 72.0 Å². The molecule has 1 aromatic carbocycles. The number of carbonyl (C=O) groups is 4. The molecule has 7 heteroatoms. The maximum Gasteiger partial charge on any atom is 0.243 e. The van der Waals surface area contributed by atoms with Gasteiger partial charge in [-0.3, -0.25) is 24.1 Å². The smallest absolute Gasteiger partial charge is 0.243 e. The summed E-state index contributed by atoms with van der Waals surface area (Å²) < 4.78 is 0. The third-order valence-electron chi connectivity index (χ3n) is 6.57. The first-order chi connectivity index (χ1) is 15.7. The number of aryl methyl sites for hydroxylation is 1.